The number of nitrogens with zero attached hydrogens (tertiary/aromatic N) is 2. The predicted octanol–water partition coefficient (Wildman–Crippen LogP) is 3.77. The van der Waals surface area contributed by atoms with Crippen molar-refractivity contribution in [2.24, 2.45) is 5.10 Å². The number of phenolic OH excluding ortho intramolecular Hbond substituents is 1. The molecule has 0 unspecified atom stereocenters. The van der Waals surface area contributed by atoms with E-state index in [-0.39, 0.29) is 17.0 Å². The summed E-state index contributed by atoms with van der Waals surface area (Å²) in [6.45, 7) is 0. The van der Waals surface area contributed by atoms with Gasteiger partial charge in [-0.05, 0) is 18.2 Å². The molecule has 0 saturated carbocycles. The number of methoxy groups -OCH3 is 1. The molecule has 7 nitrogen and oxygen atoms in total. The van der Waals surface area contributed by atoms with Crippen molar-refractivity contribution in [3.63, 3.8) is 0 Å². The molecule has 2 aromatic carbocycles. The summed E-state index contributed by atoms with van der Waals surface area (Å²) in [5, 5.41) is 24.2. The van der Waals surface area contributed by atoms with E-state index in [1.807, 2.05) is 0 Å². The van der Waals surface area contributed by atoms with Crippen LogP contribution >= 0.6 is 0 Å². The molecule has 0 spiro atoms. The van der Waals surface area contributed by atoms with Gasteiger partial charge in [0.15, 0.2) is 5.75 Å². The molecule has 2 N–H and O–H groups in total. The van der Waals surface area contributed by atoms with Crippen LogP contribution in [-0.2, 0) is 6.18 Å². The highest BCUT2D eigenvalue weighted by Gasteiger charge is 2.33. The molecule has 0 aliphatic heterocycles. The van der Waals surface area contributed by atoms with Gasteiger partial charge < -0.3 is 9.84 Å². The van der Waals surface area contributed by atoms with Crippen LogP contribution in [0.4, 0.5) is 24.5 Å². The van der Waals surface area contributed by atoms with Crippen molar-refractivity contribution in [2.45, 2.75) is 6.18 Å². The third-order valence-corrected chi connectivity index (χ3v) is 3.12. The van der Waals surface area contributed by atoms with Crippen molar-refractivity contribution in [3.8, 4) is 11.5 Å². The fourth-order valence-electron chi connectivity index (χ4n) is 1.99. The van der Waals surface area contributed by atoms with Crippen LogP contribution in [0.2, 0.25) is 0 Å². The average Bonchev–Trinajstić information content (AvgIpc) is 2.55. The maximum atomic E-state index is 12.9. The fourth-order valence-corrected chi connectivity index (χ4v) is 1.99. The number of nitro benzene ring substituents is 1. The van der Waals surface area contributed by atoms with Gasteiger partial charge in [-0.3, -0.25) is 15.5 Å². The zero-order chi connectivity index (χ0) is 18.6. The molecule has 132 valence electrons. The number of halogens is 3. The Balaban J connectivity index is 2.30. The van der Waals surface area contributed by atoms with E-state index in [4.69, 9.17) is 4.74 Å². The first-order valence-electron chi connectivity index (χ1n) is 6.74. The van der Waals surface area contributed by atoms with Crippen molar-refractivity contribution in [3.05, 3.63) is 57.6 Å². The van der Waals surface area contributed by atoms with Crippen molar-refractivity contribution < 1.29 is 27.9 Å². The van der Waals surface area contributed by atoms with Gasteiger partial charge in [-0.1, -0.05) is 12.1 Å². The Hall–Kier alpha value is -3.30. The van der Waals surface area contributed by atoms with Crippen LogP contribution in [0.15, 0.2) is 41.5 Å². The molecule has 25 heavy (non-hydrogen) atoms. The van der Waals surface area contributed by atoms with E-state index in [9.17, 15) is 28.4 Å². The summed E-state index contributed by atoms with van der Waals surface area (Å²) in [7, 11) is 1.21. The maximum Gasteiger partial charge on any atom is 0.418 e. The minimum absolute atomic E-state index is 0.151. The highest BCUT2D eigenvalue weighted by atomic mass is 19.4. The van der Waals surface area contributed by atoms with Gasteiger partial charge in [-0.25, -0.2) is 0 Å². The molecule has 0 saturated heterocycles. The minimum Gasteiger partial charge on any atom is -0.500 e. The number of alkyl halides is 3. The Morgan fingerprint density at radius 3 is 2.60 bits per heavy atom. The largest absolute Gasteiger partial charge is 0.500 e. The van der Waals surface area contributed by atoms with E-state index in [2.05, 4.69) is 10.5 Å². The zero-order valence-corrected chi connectivity index (χ0v) is 12.7. The summed E-state index contributed by atoms with van der Waals surface area (Å²) >= 11 is 0. The van der Waals surface area contributed by atoms with Crippen molar-refractivity contribution >= 4 is 17.6 Å². The molecule has 10 heteroatoms. The Labute approximate surface area is 139 Å². The number of nitrogens with one attached hydrogen (secondary N) is 1. The Morgan fingerprint density at radius 2 is 2.00 bits per heavy atom. The molecule has 0 amide bonds. The third-order valence-electron chi connectivity index (χ3n) is 3.12. The molecule has 0 atom stereocenters. The number of hydrogen-bond donors (Lipinski definition) is 2. The summed E-state index contributed by atoms with van der Waals surface area (Å²) in [6, 6.07) is 7.00. The van der Waals surface area contributed by atoms with Crippen LogP contribution in [0.25, 0.3) is 0 Å². The molecule has 2 rings (SSSR count). The number of anilines is 1. The first-order valence-corrected chi connectivity index (χ1v) is 6.74. The number of phenols is 1. The van der Waals surface area contributed by atoms with Crippen molar-refractivity contribution in [2.75, 3.05) is 12.5 Å². The second kappa shape index (κ2) is 7.07. The first-order chi connectivity index (χ1) is 11.7. The summed E-state index contributed by atoms with van der Waals surface area (Å²) in [6.07, 6.45) is -3.48. The van der Waals surface area contributed by atoms with Gasteiger partial charge in [-0.2, -0.15) is 18.3 Å². The number of rotatable bonds is 5. The van der Waals surface area contributed by atoms with Crippen molar-refractivity contribution in [1.82, 2.24) is 0 Å². The lowest BCUT2D eigenvalue weighted by atomic mass is 10.2. The number of ether oxygens (including phenoxy) is 1. The predicted molar refractivity (Wildman–Crippen MR) is 84.0 cm³/mol. The van der Waals surface area contributed by atoms with Gasteiger partial charge in [-0.15, -0.1) is 0 Å². The van der Waals surface area contributed by atoms with Crippen molar-refractivity contribution in [1.29, 1.82) is 0 Å². The van der Waals surface area contributed by atoms with Crippen LogP contribution in [0.1, 0.15) is 11.1 Å². The van der Waals surface area contributed by atoms with Crippen LogP contribution in [0.5, 0.6) is 11.5 Å². The summed E-state index contributed by atoms with van der Waals surface area (Å²) in [4.78, 5) is 10.1. The highest BCUT2D eigenvalue weighted by Crippen LogP contribution is 2.37. The van der Waals surface area contributed by atoms with E-state index in [0.29, 0.717) is 0 Å². The normalized spacial score (nSPS) is 11.5. The SMILES string of the molecule is COc1cc(/C=N/Nc2ccccc2C(F)(F)F)cc([N+](=O)[O-])c1O. The molecular formula is C15H12F3N3O4. The molecule has 2 aromatic rings. The molecule has 0 fully saturated rings. The Kier molecular flexibility index (Phi) is 5.11. The first kappa shape index (κ1) is 18.0. The smallest absolute Gasteiger partial charge is 0.418 e. The minimum atomic E-state index is -4.56. The van der Waals surface area contributed by atoms with Crippen LogP contribution in [0, 0.1) is 10.1 Å². The average molecular weight is 355 g/mol. The highest BCUT2D eigenvalue weighted by molar-refractivity contribution is 5.83. The lowest BCUT2D eigenvalue weighted by molar-refractivity contribution is -0.386. The molecule has 0 heterocycles. The van der Waals surface area contributed by atoms with E-state index in [1.165, 1.54) is 31.4 Å². The lowest BCUT2D eigenvalue weighted by Gasteiger charge is -2.11. The van der Waals surface area contributed by atoms with E-state index < -0.39 is 28.1 Å². The van der Waals surface area contributed by atoms with E-state index >= 15 is 0 Å². The number of hydrazone groups is 1. The number of para-hydroxylation sites is 1. The number of nitro groups is 1. The number of aromatic hydroxyl groups is 1. The van der Waals surface area contributed by atoms with E-state index in [1.54, 1.807) is 0 Å². The van der Waals surface area contributed by atoms with Crippen LogP contribution in [-0.4, -0.2) is 23.4 Å². The van der Waals surface area contributed by atoms with E-state index in [0.717, 1.165) is 18.3 Å². The molecule has 0 aliphatic carbocycles. The third kappa shape index (κ3) is 4.16. The summed E-state index contributed by atoms with van der Waals surface area (Å²) in [5.41, 5.74) is 0.609. The second-order valence-corrected chi connectivity index (χ2v) is 4.76. The topological polar surface area (TPSA) is 97.0 Å². The van der Waals surface area contributed by atoms with Gasteiger partial charge in [0.1, 0.15) is 0 Å². The van der Waals surface area contributed by atoms with Gasteiger partial charge >= 0.3 is 11.9 Å². The van der Waals surface area contributed by atoms with Gasteiger partial charge in [0.25, 0.3) is 0 Å². The Morgan fingerprint density at radius 1 is 1.32 bits per heavy atom. The van der Waals surface area contributed by atoms with Gasteiger partial charge in [0.2, 0.25) is 5.75 Å². The van der Waals surface area contributed by atoms with Gasteiger partial charge in [0, 0.05) is 11.6 Å². The summed E-state index contributed by atoms with van der Waals surface area (Å²) < 4.78 is 43.4. The zero-order valence-electron chi connectivity index (χ0n) is 12.7. The monoisotopic (exact) mass is 355 g/mol. The molecular weight excluding hydrogens is 343 g/mol. The van der Waals surface area contributed by atoms with Crippen LogP contribution < -0.4 is 10.2 Å². The maximum absolute atomic E-state index is 12.9. The quantitative estimate of drug-likeness (QED) is 0.483. The molecule has 0 bridgehead atoms. The number of benzene rings is 2. The Bertz CT molecular complexity index is 822. The molecule has 0 aliphatic rings. The summed E-state index contributed by atoms with van der Waals surface area (Å²) in [5.74, 6) is -0.814. The molecule has 0 aromatic heterocycles. The lowest BCUT2D eigenvalue weighted by Crippen LogP contribution is -2.08. The molecule has 0 radical (unpaired) electrons. The number of hydrogen-bond acceptors (Lipinski definition) is 6. The second-order valence-electron chi connectivity index (χ2n) is 4.76. The fraction of sp³-hybridized carbons (Fsp3) is 0.133. The van der Waals surface area contributed by atoms with Gasteiger partial charge in [0.05, 0.1) is 29.5 Å². The van der Waals surface area contributed by atoms with Crippen LogP contribution in [0.3, 0.4) is 0 Å². The standard InChI is InChI=1S/C15H12F3N3O4/c1-25-13-7-9(6-12(14(13)22)21(23)24)8-19-20-11-5-3-2-4-10(11)15(16,17)18/h2-8,20,22H,1H3/b19-8+.